The predicted octanol–water partition coefficient (Wildman–Crippen LogP) is 1.29. The molecule has 4 nitrogen and oxygen atoms in total. The lowest BCUT2D eigenvalue weighted by Crippen LogP contribution is -2.99. The molecule has 0 aliphatic heterocycles. The molecular formula is C9H7ClN2O2. The van der Waals surface area contributed by atoms with Crippen molar-refractivity contribution in [2.45, 2.75) is 0 Å². The van der Waals surface area contributed by atoms with Gasteiger partial charge >= 0.3 is 0 Å². The summed E-state index contributed by atoms with van der Waals surface area (Å²) in [6, 6.07) is 6.54. The van der Waals surface area contributed by atoms with E-state index in [1.807, 2.05) is 0 Å². The number of aromatic nitrogens is 1. The van der Waals surface area contributed by atoms with Gasteiger partial charge in [0.2, 0.25) is 0 Å². The molecule has 1 unspecified atom stereocenters. The van der Waals surface area contributed by atoms with Gasteiger partial charge in [-0.25, -0.2) is 10.2 Å². The highest BCUT2D eigenvalue weighted by molar-refractivity contribution is 6.35. The van der Waals surface area contributed by atoms with E-state index >= 15 is 0 Å². The summed E-state index contributed by atoms with van der Waals surface area (Å²) >= 11 is 5.90. The number of nitrogens with one attached hydrogen (secondary N) is 1. The zero-order valence-corrected chi connectivity index (χ0v) is 7.82. The number of quaternary nitrogens is 1. The maximum Gasteiger partial charge on any atom is 0.190 e. The molecular weight excluding hydrogens is 204 g/mol. The molecule has 0 aliphatic rings. The lowest BCUT2D eigenvalue weighted by Gasteiger charge is -2.13. The number of hydrogen-bond donors (Lipinski definition) is 2. The summed E-state index contributed by atoms with van der Waals surface area (Å²) in [4.78, 5) is 4.00. The maximum absolute atomic E-state index is 10.8. The van der Waals surface area contributed by atoms with Crippen molar-refractivity contribution in [1.29, 1.82) is 0 Å². The number of benzene rings is 1. The molecule has 5 heteroatoms. The summed E-state index contributed by atoms with van der Waals surface area (Å²) in [6.45, 7) is 0. The Hall–Kier alpha value is -1.20. The zero-order chi connectivity index (χ0) is 10.1. The van der Waals surface area contributed by atoms with Crippen LogP contribution in [0.15, 0.2) is 30.5 Å². The standard InChI is InChI=1S/C9H7ClN2O2/c10-7-4-5-11-9-6(7)2-1-3-8(9)12(13)14/h1-5,12-13H. The third-order valence-corrected chi connectivity index (χ3v) is 2.28. The van der Waals surface area contributed by atoms with Crippen molar-refractivity contribution in [2.75, 3.05) is 0 Å². The van der Waals surface area contributed by atoms with Crippen molar-refractivity contribution in [3.63, 3.8) is 0 Å². The summed E-state index contributed by atoms with van der Waals surface area (Å²) in [6.07, 6.45) is 1.50. The maximum atomic E-state index is 10.8. The lowest BCUT2D eigenvalue weighted by molar-refractivity contribution is -0.990. The summed E-state index contributed by atoms with van der Waals surface area (Å²) < 4.78 is 0. The van der Waals surface area contributed by atoms with Crippen molar-refractivity contribution in [3.8, 4) is 0 Å². The van der Waals surface area contributed by atoms with Gasteiger partial charge < -0.3 is 5.21 Å². The van der Waals surface area contributed by atoms with Gasteiger partial charge in [-0.05, 0) is 6.07 Å². The molecule has 0 saturated heterocycles. The Bertz CT molecular complexity index is 473. The number of hydrogen-bond acceptors (Lipinski definition) is 3. The monoisotopic (exact) mass is 210 g/mol. The van der Waals surface area contributed by atoms with E-state index in [0.717, 1.165) is 0 Å². The Kier molecular flexibility index (Phi) is 2.35. The number of para-hydroxylation sites is 1. The fraction of sp³-hybridized carbons (Fsp3) is 0. The van der Waals surface area contributed by atoms with Crippen molar-refractivity contribution in [2.24, 2.45) is 0 Å². The van der Waals surface area contributed by atoms with E-state index in [2.05, 4.69) is 4.98 Å². The topological polar surface area (TPSA) is 60.6 Å². The molecule has 1 aromatic heterocycles. The molecule has 2 rings (SSSR count). The number of rotatable bonds is 1. The van der Waals surface area contributed by atoms with Crippen LogP contribution in [-0.4, -0.2) is 10.2 Å². The highest BCUT2D eigenvalue weighted by Gasteiger charge is 2.09. The number of fused-ring (bicyclic) bond motifs is 1. The largest absolute Gasteiger partial charge is 0.595 e. The van der Waals surface area contributed by atoms with Crippen LogP contribution < -0.4 is 5.23 Å². The van der Waals surface area contributed by atoms with Crippen molar-refractivity contribution in [1.82, 2.24) is 4.98 Å². The van der Waals surface area contributed by atoms with E-state index in [1.54, 1.807) is 18.2 Å². The van der Waals surface area contributed by atoms with Crippen LogP contribution in [0.4, 0.5) is 5.69 Å². The Morgan fingerprint density at radius 1 is 1.36 bits per heavy atom. The Balaban J connectivity index is 2.81. The molecule has 0 spiro atoms. The molecule has 14 heavy (non-hydrogen) atoms. The first kappa shape index (κ1) is 9.36. The van der Waals surface area contributed by atoms with Crippen LogP contribution in [0.25, 0.3) is 10.9 Å². The van der Waals surface area contributed by atoms with Gasteiger partial charge in [-0.1, -0.05) is 23.7 Å². The molecule has 2 N–H and O–H groups in total. The molecule has 0 aliphatic carbocycles. The summed E-state index contributed by atoms with van der Waals surface area (Å²) in [7, 11) is 0. The molecule has 2 aromatic rings. The van der Waals surface area contributed by atoms with Crippen LogP contribution in [0, 0.1) is 5.21 Å². The zero-order valence-electron chi connectivity index (χ0n) is 7.07. The van der Waals surface area contributed by atoms with E-state index in [1.165, 1.54) is 12.3 Å². The SMILES string of the molecule is [O-][NH+](O)c1cccc2c(Cl)ccnc12. The Morgan fingerprint density at radius 2 is 2.14 bits per heavy atom. The minimum absolute atomic E-state index is 0.171. The molecule has 0 amide bonds. The van der Waals surface area contributed by atoms with E-state index in [0.29, 0.717) is 15.9 Å². The summed E-state index contributed by atoms with van der Waals surface area (Å²) in [5, 5.41) is 19.9. The van der Waals surface area contributed by atoms with Crippen LogP contribution in [0.3, 0.4) is 0 Å². The van der Waals surface area contributed by atoms with Crippen molar-refractivity contribution in [3.05, 3.63) is 40.7 Å². The van der Waals surface area contributed by atoms with Crippen LogP contribution >= 0.6 is 11.6 Å². The molecule has 72 valence electrons. The van der Waals surface area contributed by atoms with E-state index < -0.39 is 5.23 Å². The molecule has 1 heterocycles. The predicted molar refractivity (Wildman–Crippen MR) is 52.5 cm³/mol. The average molecular weight is 211 g/mol. The first-order chi connectivity index (χ1) is 6.70. The average Bonchev–Trinajstić information content (AvgIpc) is 2.17. The highest BCUT2D eigenvalue weighted by atomic mass is 35.5. The third kappa shape index (κ3) is 1.44. The van der Waals surface area contributed by atoms with Gasteiger partial charge in [0.15, 0.2) is 5.69 Å². The van der Waals surface area contributed by atoms with Gasteiger partial charge in [0, 0.05) is 17.6 Å². The normalized spacial score (nSPS) is 13.1. The van der Waals surface area contributed by atoms with Gasteiger partial charge in [-0.2, -0.15) is 5.23 Å². The molecule has 1 aromatic carbocycles. The molecule has 0 radical (unpaired) electrons. The molecule has 0 saturated carbocycles. The van der Waals surface area contributed by atoms with E-state index in [9.17, 15) is 5.21 Å². The Morgan fingerprint density at radius 3 is 2.86 bits per heavy atom. The fourth-order valence-corrected chi connectivity index (χ4v) is 1.52. The first-order valence-corrected chi connectivity index (χ1v) is 4.34. The Labute approximate surface area is 84.9 Å². The minimum Gasteiger partial charge on any atom is -0.595 e. The van der Waals surface area contributed by atoms with Gasteiger partial charge in [0.25, 0.3) is 0 Å². The van der Waals surface area contributed by atoms with Gasteiger partial charge in [-0.3, -0.25) is 0 Å². The summed E-state index contributed by atoms with van der Waals surface area (Å²) in [5.41, 5.74) is 0.595. The summed E-state index contributed by atoms with van der Waals surface area (Å²) in [5.74, 6) is 0. The molecule has 0 bridgehead atoms. The van der Waals surface area contributed by atoms with Gasteiger partial charge in [0.1, 0.15) is 5.52 Å². The van der Waals surface area contributed by atoms with Crippen LogP contribution in [0.1, 0.15) is 0 Å². The third-order valence-electron chi connectivity index (χ3n) is 1.95. The molecule has 0 fully saturated rings. The number of nitrogens with zero attached hydrogens (tertiary/aromatic N) is 1. The number of halogens is 1. The lowest BCUT2D eigenvalue weighted by atomic mass is 10.2. The second kappa shape index (κ2) is 3.51. The van der Waals surface area contributed by atoms with Gasteiger partial charge in [0.05, 0.1) is 5.02 Å². The van der Waals surface area contributed by atoms with E-state index in [-0.39, 0.29) is 5.69 Å². The number of pyridine rings is 1. The second-order valence-corrected chi connectivity index (χ2v) is 3.21. The minimum atomic E-state index is -0.995. The molecule has 1 atom stereocenters. The van der Waals surface area contributed by atoms with E-state index in [4.69, 9.17) is 16.8 Å². The van der Waals surface area contributed by atoms with Crippen molar-refractivity contribution < 1.29 is 10.4 Å². The smallest absolute Gasteiger partial charge is 0.190 e. The first-order valence-electron chi connectivity index (χ1n) is 3.96. The quantitative estimate of drug-likeness (QED) is 0.698. The van der Waals surface area contributed by atoms with Crippen molar-refractivity contribution >= 4 is 28.2 Å². The fourth-order valence-electron chi connectivity index (χ4n) is 1.31. The van der Waals surface area contributed by atoms with Crippen LogP contribution in [0.2, 0.25) is 5.02 Å². The highest BCUT2D eigenvalue weighted by Crippen LogP contribution is 2.24. The van der Waals surface area contributed by atoms with Gasteiger partial charge in [-0.15, -0.1) is 0 Å². The van der Waals surface area contributed by atoms with Crippen LogP contribution in [-0.2, 0) is 0 Å². The van der Waals surface area contributed by atoms with Crippen LogP contribution in [0.5, 0.6) is 0 Å². The second-order valence-electron chi connectivity index (χ2n) is 2.80.